The van der Waals surface area contributed by atoms with Gasteiger partial charge in [-0.1, -0.05) is 11.6 Å². The largest absolute Gasteiger partial charge is 0.368 e. The van der Waals surface area contributed by atoms with Gasteiger partial charge in [-0.2, -0.15) is 4.31 Å². The second-order valence-corrected chi connectivity index (χ2v) is 8.31. The summed E-state index contributed by atoms with van der Waals surface area (Å²) >= 11 is 5.89. The van der Waals surface area contributed by atoms with E-state index in [0.717, 1.165) is 12.8 Å². The van der Waals surface area contributed by atoms with Crippen molar-refractivity contribution >= 4 is 27.5 Å². The van der Waals surface area contributed by atoms with Gasteiger partial charge in [0.25, 0.3) is 5.91 Å². The minimum absolute atomic E-state index is 0.0369. The minimum atomic E-state index is -3.67. The zero-order valence-electron chi connectivity index (χ0n) is 13.4. The van der Waals surface area contributed by atoms with E-state index in [0.29, 0.717) is 25.4 Å². The van der Waals surface area contributed by atoms with Crippen LogP contribution >= 0.6 is 11.6 Å². The topological polar surface area (TPSA) is 79.8 Å². The van der Waals surface area contributed by atoms with E-state index >= 15 is 0 Å². The zero-order valence-corrected chi connectivity index (χ0v) is 15.0. The smallest absolute Gasteiger partial charge is 0.251 e. The standard InChI is InChI=1S/C15H20ClN3O4S/c1-11-14(9-12(16)10-17-11)24(21,22)19-6-4-18(5-7-19)15(20)13-3-2-8-23-13/h9-10,13H,2-8H2,1H3/t13-/m1/s1. The number of amides is 1. The van der Waals surface area contributed by atoms with Gasteiger partial charge in [-0.05, 0) is 25.8 Å². The van der Waals surface area contributed by atoms with Gasteiger partial charge in [-0.15, -0.1) is 0 Å². The second kappa shape index (κ2) is 6.95. The van der Waals surface area contributed by atoms with E-state index in [1.54, 1.807) is 11.8 Å². The lowest BCUT2D eigenvalue weighted by molar-refractivity contribution is -0.142. The average Bonchev–Trinajstić information content (AvgIpc) is 3.11. The van der Waals surface area contributed by atoms with E-state index in [9.17, 15) is 13.2 Å². The number of nitrogens with zero attached hydrogens (tertiary/aromatic N) is 3. The summed E-state index contributed by atoms with van der Waals surface area (Å²) in [6.07, 6.45) is 2.69. The van der Waals surface area contributed by atoms with Crippen molar-refractivity contribution in [2.24, 2.45) is 0 Å². The van der Waals surface area contributed by atoms with Crippen molar-refractivity contribution in [3.8, 4) is 0 Å². The third kappa shape index (κ3) is 3.42. The highest BCUT2D eigenvalue weighted by molar-refractivity contribution is 7.89. The van der Waals surface area contributed by atoms with Crippen molar-refractivity contribution in [3.63, 3.8) is 0 Å². The number of ether oxygens (including phenoxy) is 1. The van der Waals surface area contributed by atoms with Crippen molar-refractivity contribution in [2.75, 3.05) is 32.8 Å². The Labute approximate surface area is 146 Å². The summed E-state index contributed by atoms with van der Waals surface area (Å²) in [7, 11) is -3.67. The lowest BCUT2D eigenvalue weighted by Crippen LogP contribution is -2.52. The molecule has 2 aliphatic rings. The normalized spacial score (nSPS) is 22.8. The number of sulfonamides is 1. The van der Waals surface area contributed by atoms with E-state index in [1.807, 2.05) is 0 Å². The van der Waals surface area contributed by atoms with Crippen LogP contribution < -0.4 is 0 Å². The van der Waals surface area contributed by atoms with Gasteiger partial charge >= 0.3 is 0 Å². The van der Waals surface area contributed by atoms with E-state index in [1.165, 1.54) is 16.6 Å². The van der Waals surface area contributed by atoms with E-state index in [-0.39, 0.29) is 35.0 Å². The molecule has 0 bridgehead atoms. The first-order chi connectivity index (χ1) is 11.4. The third-order valence-corrected chi connectivity index (χ3v) is 6.60. The molecule has 132 valence electrons. The highest BCUT2D eigenvalue weighted by atomic mass is 35.5. The molecule has 0 N–H and O–H groups in total. The molecule has 1 atom stereocenters. The quantitative estimate of drug-likeness (QED) is 0.791. The molecule has 24 heavy (non-hydrogen) atoms. The van der Waals surface area contributed by atoms with Crippen molar-refractivity contribution in [3.05, 3.63) is 23.0 Å². The summed E-state index contributed by atoms with van der Waals surface area (Å²) in [4.78, 5) is 18.2. The van der Waals surface area contributed by atoms with Gasteiger partial charge in [-0.3, -0.25) is 9.78 Å². The first-order valence-corrected chi connectivity index (χ1v) is 9.74. The Morgan fingerprint density at radius 1 is 1.33 bits per heavy atom. The molecule has 0 aliphatic carbocycles. The fourth-order valence-electron chi connectivity index (χ4n) is 3.01. The maximum atomic E-state index is 12.8. The monoisotopic (exact) mass is 373 g/mol. The Hall–Kier alpha value is -1.22. The highest BCUT2D eigenvalue weighted by Gasteiger charge is 2.34. The van der Waals surface area contributed by atoms with Crippen LogP contribution in [0.2, 0.25) is 5.02 Å². The molecule has 0 radical (unpaired) electrons. The first-order valence-electron chi connectivity index (χ1n) is 7.92. The van der Waals surface area contributed by atoms with Crippen LogP contribution in [0.4, 0.5) is 0 Å². The number of rotatable bonds is 3. The molecule has 1 aromatic rings. The van der Waals surface area contributed by atoms with Crippen LogP contribution in [0.15, 0.2) is 17.2 Å². The molecule has 0 unspecified atom stereocenters. The van der Waals surface area contributed by atoms with E-state index in [4.69, 9.17) is 16.3 Å². The number of hydrogen-bond acceptors (Lipinski definition) is 5. The van der Waals surface area contributed by atoms with Gasteiger partial charge in [-0.25, -0.2) is 8.42 Å². The summed E-state index contributed by atoms with van der Waals surface area (Å²) < 4.78 is 32.4. The second-order valence-electron chi connectivity index (χ2n) is 5.97. The van der Waals surface area contributed by atoms with E-state index < -0.39 is 10.0 Å². The van der Waals surface area contributed by atoms with Crippen LogP contribution in [0.25, 0.3) is 0 Å². The Morgan fingerprint density at radius 2 is 2.04 bits per heavy atom. The Bertz CT molecular complexity index is 726. The van der Waals surface area contributed by atoms with Crippen LogP contribution in [0.1, 0.15) is 18.5 Å². The van der Waals surface area contributed by atoms with Gasteiger partial charge in [0.05, 0.1) is 10.7 Å². The van der Waals surface area contributed by atoms with Crippen LogP contribution in [0.3, 0.4) is 0 Å². The number of piperazine rings is 1. The van der Waals surface area contributed by atoms with Crippen molar-refractivity contribution < 1.29 is 17.9 Å². The number of aromatic nitrogens is 1. The predicted octanol–water partition coefficient (Wildman–Crippen LogP) is 1.06. The lowest BCUT2D eigenvalue weighted by Gasteiger charge is -2.35. The summed E-state index contributed by atoms with van der Waals surface area (Å²) in [5.41, 5.74) is 0.414. The predicted molar refractivity (Wildman–Crippen MR) is 88.3 cm³/mol. The SMILES string of the molecule is Cc1ncc(Cl)cc1S(=O)(=O)N1CCN(C(=O)[C@H]2CCCO2)CC1. The summed E-state index contributed by atoms with van der Waals surface area (Å²) in [5, 5.41) is 0.284. The Kier molecular flexibility index (Phi) is 5.10. The van der Waals surface area contributed by atoms with Crippen LogP contribution in [0, 0.1) is 6.92 Å². The molecule has 2 fully saturated rings. The summed E-state index contributed by atoms with van der Waals surface area (Å²) in [5.74, 6) is -0.0369. The van der Waals surface area contributed by atoms with Crippen molar-refractivity contribution in [1.82, 2.24) is 14.2 Å². The molecular weight excluding hydrogens is 354 g/mol. The molecule has 3 rings (SSSR count). The Morgan fingerprint density at radius 3 is 2.67 bits per heavy atom. The van der Waals surface area contributed by atoms with Gasteiger partial charge in [0, 0.05) is 39.0 Å². The van der Waals surface area contributed by atoms with Gasteiger partial charge < -0.3 is 9.64 Å². The van der Waals surface area contributed by atoms with Crippen LogP contribution in [-0.2, 0) is 19.6 Å². The molecule has 0 aromatic carbocycles. The number of hydrogen-bond donors (Lipinski definition) is 0. The number of carbonyl (C=O) groups excluding carboxylic acids is 1. The lowest BCUT2D eigenvalue weighted by atomic mass is 10.2. The van der Waals surface area contributed by atoms with Crippen molar-refractivity contribution in [2.45, 2.75) is 30.8 Å². The highest BCUT2D eigenvalue weighted by Crippen LogP contribution is 2.23. The first kappa shape index (κ1) is 17.6. The molecule has 2 saturated heterocycles. The molecule has 0 saturated carbocycles. The number of aryl methyl sites for hydroxylation is 1. The minimum Gasteiger partial charge on any atom is -0.368 e. The summed E-state index contributed by atoms with van der Waals surface area (Å²) in [6, 6.07) is 1.42. The molecule has 3 heterocycles. The molecular formula is C15H20ClN3O4S. The van der Waals surface area contributed by atoms with Gasteiger partial charge in [0.1, 0.15) is 11.0 Å². The number of halogens is 1. The van der Waals surface area contributed by atoms with E-state index in [2.05, 4.69) is 4.98 Å². The van der Waals surface area contributed by atoms with Gasteiger partial charge in [0.15, 0.2) is 0 Å². The third-order valence-electron chi connectivity index (χ3n) is 4.38. The molecule has 1 aromatic heterocycles. The number of carbonyl (C=O) groups is 1. The molecule has 9 heteroatoms. The van der Waals surface area contributed by atoms with Gasteiger partial charge in [0.2, 0.25) is 10.0 Å². The molecule has 2 aliphatic heterocycles. The van der Waals surface area contributed by atoms with Crippen LogP contribution in [0.5, 0.6) is 0 Å². The number of pyridine rings is 1. The molecule has 7 nitrogen and oxygen atoms in total. The Balaban J connectivity index is 1.69. The average molecular weight is 374 g/mol. The summed E-state index contributed by atoms with van der Waals surface area (Å²) in [6.45, 7) is 3.50. The van der Waals surface area contributed by atoms with Crippen molar-refractivity contribution in [1.29, 1.82) is 0 Å². The maximum Gasteiger partial charge on any atom is 0.251 e. The molecule has 1 amide bonds. The zero-order chi connectivity index (χ0) is 17.3. The van der Waals surface area contributed by atoms with Crippen LogP contribution in [-0.4, -0.2) is 67.4 Å². The fraction of sp³-hybridized carbons (Fsp3) is 0.600. The molecule has 0 spiro atoms. The maximum absolute atomic E-state index is 12.8. The fourth-order valence-corrected chi connectivity index (χ4v) is 4.86.